The lowest BCUT2D eigenvalue weighted by molar-refractivity contribution is 0.0296. The fraction of sp³-hybridized carbons (Fsp3) is 0.667. The van der Waals surface area contributed by atoms with Gasteiger partial charge in [-0.05, 0) is 39.3 Å². The normalized spacial score (nSPS) is 18.1. The van der Waals surface area contributed by atoms with Gasteiger partial charge in [0.25, 0.3) is 5.91 Å². The molecule has 0 aromatic carbocycles. The highest BCUT2D eigenvalue weighted by molar-refractivity contribution is 5.86. The zero-order valence-corrected chi connectivity index (χ0v) is 10.5. The zero-order chi connectivity index (χ0) is 12.7. The number of nitrogens with one attached hydrogen (secondary N) is 1. The molecule has 2 heterocycles. The Kier molecular flexibility index (Phi) is 5.31. The van der Waals surface area contributed by atoms with Crippen LogP contribution in [0.2, 0.25) is 0 Å². The number of hydrogen-bond donors (Lipinski definition) is 2. The summed E-state index contributed by atoms with van der Waals surface area (Å²) >= 11 is 0. The second-order valence-electron chi connectivity index (χ2n) is 4.36. The van der Waals surface area contributed by atoms with Gasteiger partial charge in [0, 0.05) is 12.4 Å². The third-order valence-electron chi connectivity index (χ3n) is 2.85. The summed E-state index contributed by atoms with van der Waals surface area (Å²) in [5, 5.41) is 12.8. The molecule has 0 bridgehead atoms. The van der Waals surface area contributed by atoms with Crippen LogP contribution in [0, 0.1) is 0 Å². The van der Waals surface area contributed by atoms with Crippen LogP contribution in [0.5, 0.6) is 0 Å². The second-order valence-corrected chi connectivity index (χ2v) is 4.36. The van der Waals surface area contributed by atoms with Crippen LogP contribution in [0.15, 0.2) is 18.7 Å². The molecule has 17 heavy (non-hydrogen) atoms. The topological polar surface area (TPSA) is 67.2 Å². The van der Waals surface area contributed by atoms with Gasteiger partial charge in [0.2, 0.25) is 0 Å². The van der Waals surface area contributed by atoms with Crippen LogP contribution in [-0.2, 0) is 0 Å². The molecule has 1 atom stereocenters. The molecule has 2 rings (SSSR count). The van der Waals surface area contributed by atoms with Gasteiger partial charge in [-0.3, -0.25) is 9.36 Å². The first-order valence-corrected chi connectivity index (χ1v) is 6.04. The molecule has 5 nitrogen and oxygen atoms in total. The molecule has 96 valence electrons. The Morgan fingerprint density at radius 1 is 1.53 bits per heavy atom. The van der Waals surface area contributed by atoms with Crippen molar-refractivity contribution in [2.24, 2.45) is 0 Å². The smallest absolute Gasteiger partial charge is 0.263 e. The van der Waals surface area contributed by atoms with Crippen molar-refractivity contribution >= 4 is 5.91 Å². The van der Waals surface area contributed by atoms with E-state index in [1.165, 1.54) is 56.1 Å². The van der Waals surface area contributed by atoms with Crippen LogP contribution in [0.1, 0.15) is 37.9 Å². The summed E-state index contributed by atoms with van der Waals surface area (Å²) in [6.07, 6.45) is 7.58. The quantitative estimate of drug-likeness (QED) is 0.809. The molecule has 0 saturated carbocycles. The minimum atomic E-state index is -1.29. The minimum absolute atomic E-state index is 0.345. The largest absolute Gasteiger partial charge is 0.380 e. The molecule has 0 aliphatic carbocycles. The molecular formula is C12H21N3O2. The number of aliphatic hydroxyl groups is 1. The predicted molar refractivity (Wildman–Crippen MR) is 65.9 cm³/mol. The molecule has 0 radical (unpaired) electrons. The molecule has 1 aromatic heterocycles. The van der Waals surface area contributed by atoms with Crippen molar-refractivity contribution in [3.05, 3.63) is 18.7 Å². The summed E-state index contributed by atoms with van der Waals surface area (Å²) in [5.74, 6) is -0.345. The van der Waals surface area contributed by atoms with E-state index < -0.39 is 5.60 Å². The van der Waals surface area contributed by atoms with Gasteiger partial charge >= 0.3 is 0 Å². The summed E-state index contributed by atoms with van der Waals surface area (Å²) in [4.78, 5) is 15.2. The maximum Gasteiger partial charge on any atom is 0.263 e. The number of imidazole rings is 1. The molecule has 1 fully saturated rings. The first kappa shape index (κ1) is 13.9. The Bertz CT molecular complexity index is 322. The van der Waals surface area contributed by atoms with Gasteiger partial charge in [0.15, 0.2) is 0 Å². The van der Waals surface area contributed by atoms with Crippen LogP contribution < -0.4 is 5.32 Å². The van der Waals surface area contributed by atoms with Crippen molar-refractivity contribution in [2.45, 2.75) is 38.7 Å². The maximum atomic E-state index is 11.4. The molecule has 1 saturated heterocycles. The highest BCUT2D eigenvalue weighted by Crippen LogP contribution is 2.11. The number of carbonyl (C=O) groups excluding carboxylic acids is 1. The third kappa shape index (κ3) is 4.28. The van der Waals surface area contributed by atoms with Crippen molar-refractivity contribution in [2.75, 3.05) is 13.1 Å². The van der Waals surface area contributed by atoms with Crippen LogP contribution >= 0.6 is 0 Å². The average Bonchev–Trinajstić information content (AvgIpc) is 3.03. The van der Waals surface area contributed by atoms with Crippen molar-refractivity contribution in [1.82, 2.24) is 14.9 Å². The lowest BCUT2D eigenvalue weighted by atomic mass is 10.0. The summed E-state index contributed by atoms with van der Waals surface area (Å²) in [6, 6.07) is 0. The van der Waals surface area contributed by atoms with Crippen LogP contribution in [0.4, 0.5) is 0 Å². The van der Waals surface area contributed by atoms with Crippen molar-refractivity contribution in [3.8, 4) is 0 Å². The van der Waals surface area contributed by atoms with Crippen molar-refractivity contribution < 1.29 is 9.90 Å². The minimum Gasteiger partial charge on any atom is -0.380 e. The summed E-state index contributed by atoms with van der Waals surface area (Å²) in [7, 11) is 0. The Labute approximate surface area is 102 Å². The average molecular weight is 239 g/mol. The monoisotopic (exact) mass is 239 g/mol. The van der Waals surface area contributed by atoms with Crippen LogP contribution in [-0.4, -0.2) is 39.3 Å². The van der Waals surface area contributed by atoms with E-state index in [2.05, 4.69) is 10.3 Å². The number of carbonyl (C=O) groups is 1. The van der Waals surface area contributed by atoms with Crippen LogP contribution in [0.3, 0.4) is 0 Å². The van der Waals surface area contributed by atoms with Gasteiger partial charge < -0.3 is 10.4 Å². The fourth-order valence-corrected chi connectivity index (χ4v) is 1.43. The van der Waals surface area contributed by atoms with E-state index in [0.717, 1.165) is 0 Å². The van der Waals surface area contributed by atoms with Crippen molar-refractivity contribution in [1.29, 1.82) is 0 Å². The number of aromatic nitrogens is 2. The lowest BCUT2D eigenvalue weighted by Gasteiger charge is -2.18. The standard InChI is InChI=1S/C8H12N2O2.C4H9N/c1-3-8(2,12)7(11)10-5-4-9-6-10;1-2-4-5-3-1/h4-6,12H,3H2,1-2H3;5H,1-4H2. The van der Waals surface area contributed by atoms with Gasteiger partial charge in [-0.15, -0.1) is 0 Å². The van der Waals surface area contributed by atoms with E-state index in [1.807, 2.05) is 0 Å². The Morgan fingerprint density at radius 2 is 2.18 bits per heavy atom. The van der Waals surface area contributed by atoms with Gasteiger partial charge in [0.05, 0.1) is 0 Å². The first-order valence-electron chi connectivity index (χ1n) is 6.04. The summed E-state index contributed by atoms with van der Waals surface area (Å²) in [5.41, 5.74) is -1.29. The maximum absolute atomic E-state index is 11.4. The highest BCUT2D eigenvalue weighted by Gasteiger charge is 2.28. The molecular weight excluding hydrogens is 218 g/mol. The Morgan fingerprint density at radius 3 is 2.53 bits per heavy atom. The Balaban J connectivity index is 0.000000239. The Hall–Kier alpha value is -1.20. The molecule has 0 amide bonds. The molecule has 1 aromatic rings. The van der Waals surface area contributed by atoms with Crippen LogP contribution in [0.25, 0.3) is 0 Å². The van der Waals surface area contributed by atoms with Gasteiger partial charge in [-0.1, -0.05) is 6.92 Å². The first-order chi connectivity index (χ1) is 8.08. The number of hydrogen-bond acceptors (Lipinski definition) is 4. The molecule has 1 unspecified atom stereocenters. The highest BCUT2D eigenvalue weighted by atomic mass is 16.3. The van der Waals surface area contributed by atoms with E-state index >= 15 is 0 Å². The van der Waals surface area contributed by atoms with Crippen molar-refractivity contribution in [3.63, 3.8) is 0 Å². The SMILES string of the molecule is C1CCNC1.CCC(C)(O)C(=O)n1ccnc1. The van der Waals surface area contributed by atoms with E-state index in [-0.39, 0.29) is 5.91 Å². The molecule has 0 spiro atoms. The molecule has 2 N–H and O–H groups in total. The predicted octanol–water partition coefficient (Wildman–Crippen LogP) is 1.05. The third-order valence-corrected chi connectivity index (χ3v) is 2.85. The molecule has 1 aliphatic heterocycles. The zero-order valence-electron chi connectivity index (χ0n) is 10.5. The molecule has 1 aliphatic rings. The van der Waals surface area contributed by atoms with Gasteiger partial charge in [0.1, 0.15) is 11.9 Å². The lowest BCUT2D eigenvalue weighted by Crippen LogP contribution is -2.37. The van der Waals surface area contributed by atoms with E-state index in [9.17, 15) is 9.90 Å². The fourth-order valence-electron chi connectivity index (χ4n) is 1.43. The molecule has 5 heteroatoms. The number of rotatable bonds is 2. The van der Waals surface area contributed by atoms with E-state index in [4.69, 9.17) is 0 Å². The van der Waals surface area contributed by atoms with E-state index in [1.54, 1.807) is 6.92 Å². The summed E-state index contributed by atoms with van der Waals surface area (Å²) < 4.78 is 1.28. The number of nitrogens with zero attached hydrogens (tertiary/aromatic N) is 2. The second kappa shape index (κ2) is 6.51. The van der Waals surface area contributed by atoms with E-state index in [0.29, 0.717) is 6.42 Å². The van der Waals surface area contributed by atoms with Gasteiger partial charge in [-0.25, -0.2) is 4.98 Å². The summed E-state index contributed by atoms with van der Waals surface area (Å²) in [6.45, 7) is 5.75. The van der Waals surface area contributed by atoms with Gasteiger partial charge in [-0.2, -0.15) is 0 Å².